The molecule has 0 aliphatic carbocycles. The largest absolute Gasteiger partial charge is 0.374 e. The summed E-state index contributed by atoms with van der Waals surface area (Å²) in [4.78, 5) is 0. The topological polar surface area (TPSA) is 12.0 Å². The van der Waals surface area contributed by atoms with E-state index in [-0.39, 0.29) is 5.02 Å². The van der Waals surface area contributed by atoms with E-state index in [1.165, 1.54) is 12.1 Å². The van der Waals surface area contributed by atoms with E-state index in [4.69, 9.17) is 11.6 Å². The Bertz CT molecular complexity index is 622. The van der Waals surface area contributed by atoms with Gasteiger partial charge in [-0.3, -0.25) is 0 Å². The van der Waals surface area contributed by atoms with Gasteiger partial charge in [-0.2, -0.15) is 0 Å². The van der Waals surface area contributed by atoms with E-state index < -0.39 is 35.0 Å². The van der Waals surface area contributed by atoms with Crippen molar-refractivity contribution >= 4 is 17.3 Å². The smallest absolute Gasteiger partial charge is 0.152 e. The number of rotatable bonds is 3. The van der Waals surface area contributed by atoms with Crippen LogP contribution in [0, 0.1) is 23.3 Å². The summed E-state index contributed by atoms with van der Waals surface area (Å²) >= 11 is 5.64. The lowest BCUT2D eigenvalue weighted by molar-refractivity contribution is 0.545. The Labute approximate surface area is 118 Å². The van der Waals surface area contributed by atoms with Gasteiger partial charge in [0.15, 0.2) is 11.6 Å². The van der Waals surface area contributed by atoms with Gasteiger partial charge in [-0.15, -0.1) is 0 Å². The summed E-state index contributed by atoms with van der Waals surface area (Å²) < 4.78 is 52.9. The zero-order chi connectivity index (χ0) is 14.9. The van der Waals surface area contributed by atoms with Gasteiger partial charge >= 0.3 is 0 Å². The normalized spacial score (nSPS) is 12.3. The number of hydrogen-bond acceptors (Lipinski definition) is 1. The van der Waals surface area contributed by atoms with Crippen LogP contribution in [0.15, 0.2) is 30.3 Å². The predicted octanol–water partition coefficient (Wildman–Crippen LogP) is 5.07. The van der Waals surface area contributed by atoms with E-state index in [1.807, 2.05) is 0 Å². The van der Waals surface area contributed by atoms with Crippen LogP contribution in [-0.2, 0) is 0 Å². The second-order valence-electron chi connectivity index (χ2n) is 4.28. The van der Waals surface area contributed by atoms with Gasteiger partial charge in [0.25, 0.3) is 0 Å². The average Bonchev–Trinajstić information content (AvgIpc) is 2.36. The first-order valence-corrected chi connectivity index (χ1v) is 6.12. The summed E-state index contributed by atoms with van der Waals surface area (Å²) in [5.74, 6) is -3.66. The standard InChI is InChI=1S/C14H10ClF4N/c1-7(8-2-3-11(17)10(15)4-8)20-14-12(18)5-9(16)6-13(14)19/h2-7,20H,1H3. The van der Waals surface area contributed by atoms with E-state index in [9.17, 15) is 17.6 Å². The Morgan fingerprint density at radius 1 is 0.950 bits per heavy atom. The van der Waals surface area contributed by atoms with Gasteiger partial charge in [-0.1, -0.05) is 17.7 Å². The van der Waals surface area contributed by atoms with E-state index >= 15 is 0 Å². The van der Waals surface area contributed by atoms with Gasteiger partial charge < -0.3 is 5.32 Å². The van der Waals surface area contributed by atoms with Crippen molar-refractivity contribution in [3.63, 3.8) is 0 Å². The van der Waals surface area contributed by atoms with E-state index in [1.54, 1.807) is 6.92 Å². The van der Waals surface area contributed by atoms with E-state index in [2.05, 4.69) is 5.32 Å². The molecule has 0 bridgehead atoms. The minimum Gasteiger partial charge on any atom is -0.374 e. The fraction of sp³-hybridized carbons (Fsp3) is 0.143. The van der Waals surface area contributed by atoms with Crippen LogP contribution in [0.25, 0.3) is 0 Å². The van der Waals surface area contributed by atoms with Crippen LogP contribution in [-0.4, -0.2) is 0 Å². The molecule has 0 radical (unpaired) electrons. The van der Waals surface area contributed by atoms with Crippen molar-refractivity contribution in [2.24, 2.45) is 0 Å². The molecule has 0 amide bonds. The highest BCUT2D eigenvalue weighted by atomic mass is 35.5. The average molecular weight is 304 g/mol. The summed E-state index contributed by atoms with van der Waals surface area (Å²) in [6.07, 6.45) is 0. The van der Waals surface area contributed by atoms with Gasteiger partial charge in [0.2, 0.25) is 0 Å². The molecular weight excluding hydrogens is 294 g/mol. The van der Waals surface area contributed by atoms with Crippen LogP contribution in [0.4, 0.5) is 23.2 Å². The quantitative estimate of drug-likeness (QED) is 0.781. The van der Waals surface area contributed by atoms with Crippen LogP contribution in [0.5, 0.6) is 0 Å². The van der Waals surface area contributed by atoms with Gasteiger partial charge in [-0.05, 0) is 24.6 Å². The first-order chi connectivity index (χ1) is 9.38. The van der Waals surface area contributed by atoms with Crippen LogP contribution in [0.3, 0.4) is 0 Å². The summed E-state index contributed by atoms with van der Waals surface area (Å²) in [5.41, 5.74) is 0.0962. The second kappa shape index (κ2) is 5.71. The minimum atomic E-state index is -1.04. The third-order valence-corrected chi connectivity index (χ3v) is 3.10. The van der Waals surface area contributed by atoms with Crippen molar-refractivity contribution in [3.05, 3.63) is 64.2 Å². The Hall–Kier alpha value is -1.75. The number of hydrogen-bond donors (Lipinski definition) is 1. The molecule has 0 saturated heterocycles. The number of benzene rings is 2. The molecule has 1 atom stereocenters. The SMILES string of the molecule is CC(Nc1c(F)cc(F)cc1F)c1ccc(F)c(Cl)c1. The molecule has 1 unspecified atom stereocenters. The molecule has 0 aliphatic heterocycles. The van der Waals surface area contributed by atoms with Crippen LogP contribution >= 0.6 is 11.6 Å². The third-order valence-electron chi connectivity index (χ3n) is 2.81. The lowest BCUT2D eigenvalue weighted by Gasteiger charge is -2.17. The maximum atomic E-state index is 13.5. The van der Waals surface area contributed by atoms with Crippen molar-refractivity contribution in [2.75, 3.05) is 5.32 Å². The molecule has 1 nitrogen and oxygen atoms in total. The second-order valence-corrected chi connectivity index (χ2v) is 4.69. The van der Waals surface area contributed by atoms with Crippen molar-refractivity contribution in [1.82, 2.24) is 0 Å². The van der Waals surface area contributed by atoms with Crippen LogP contribution < -0.4 is 5.32 Å². The van der Waals surface area contributed by atoms with Crippen LogP contribution in [0.1, 0.15) is 18.5 Å². The Kier molecular flexibility index (Phi) is 4.18. The lowest BCUT2D eigenvalue weighted by Crippen LogP contribution is -2.10. The number of nitrogens with one attached hydrogen (secondary N) is 1. The molecule has 0 aliphatic rings. The number of anilines is 1. The molecule has 6 heteroatoms. The molecule has 0 heterocycles. The zero-order valence-corrected chi connectivity index (χ0v) is 11.1. The maximum absolute atomic E-state index is 13.5. The van der Waals surface area contributed by atoms with Crippen LogP contribution in [0.2, 0.25) is 5.02 Å². The third kappa shape index (κ3) is 3.04. The summed E-state index contributed by atoms with van der Waals surface area (Å²) in [7, 11) is 0. The lowest BCUT2D eigenvalue weighted by atomic mass is 10.1. The zero-order valence-electron chi connectivity index (χ0n) is 10.4. The first kappa shape index (κ1) is 14.7. The van der Waals surface area contributed by atoms with Crippen molar-refractivity contribution in [2.45, 2.75) is 13.0 Å². The van der Waals surface area contributed by atoms with Gasteiger partial charge in [0, 0.05) is 18.2 Å². The molecule has 0 saturated carbocycles. The Balaban J connectivity index is 2.27. The minimum absolute atomic E-state index is 0.0869. The maximum Gasteiger partial charge on any atom is 0.152 e. The molecular formula is C14H10ClF4N. The molecule has 106 valence electrons. The molecule has 2 aromatic rings. The molecule has 2 aromatic carbocycles. The number of halogens is 5. The first-order valence-electron chi connectivity index (χ1n) is 5.74. The summed E-state index contributed by atoms with van der Waals surface area (Å²) in [5, 5.41) is 2.48. The predicted molar refractivity (Wildman–Crippen MR) is 69.8 cm³/mol. The molecule has 2 rings (SSSR count). The highest BCUT2D eigenvalue weighted by molar-refractivity contribution is 6.30. The van der Waals surface area contributed by atoms with Crippen molar-refractivity contribution in [3.8, 4) is 0 Å². The molecule has 0 aromatic heterocycles. The van der Waals surface area contributed by atoms with Crippen molar-refractivity contribution in [1.29, 1.82) is 0 Å². The fourth-order valence-corrected chi connectivity index (χ4v) is 1.95. The monoisotopic (exact) mass is 303 g/mol. The Morgan fingerprint density at radius 3 is 2.10 bits per heavy atom. The highest BCUT2D eigenvalue weighted by Gasteiger charge is 2.15. The van der Waals surface area contributed by atoms with Crippen molar-refractivity contribution < 1.29 is 17.6 Å². The van der Waals surface area contributed by atoms with E-state index in [0.29, 0.717) is 17.7 Å². The Morgan fingerprint density at radius 2 is 1.55 bits per heavy atom. The van der Waals surface area contributed by atoms with Gasteiger partial charge in [0.1, 0.15) is 17.3 Å². The summed E-state index contributed by atoms with van der Waals surface area (Å²) in [6.45, 7) is 1.62. The fourth-order valence-electron chi connectivity index (χ4n) is 1.76. The molecule has 0 spiro atoms. The molecule has 0 fully saturated rings. The summed E-state index contributed by atoms with van der Waals surface area (Å²) in [6, 6.07) is 4.58. The highest BCUT2D eigenvalue weighted by Crippen LogP contribution is 2.27. The van der Waals surface area contributed by atoms with Gasteiger partial charge in [-0.25, -0.2) is 17.6 Å². The molecule has 20 heavy (non-hydrogen) atoms. The molecule has 1 N–H and O–H groups in total. The van der Waals surface area contributed by atoms with E-state index in [0.717, 1.165) is 6.07 Å². The van der Waals surface area contributed by atoms with Gasteiger partial charge in [0.05, 0.1) is 5.02 Å².